The highest BCUT2D eigenvalue weighted by molar-refractivity contribution is 5.12. The normalized spacial score (nSPS) is 41.1. The first kappa shape index (κ1) is 10.3. The van der Waals surface area contributed by atoms with E-state index in [0.717, 1.165) is 12.8 Å². The molecule has 0 saturated heterocycles. The van der Waals surface area contributed by atoms with Crippen LogP contribution in [0.4, 0.5) is 8.78 Å². The van der Waals surface area contributed by atoms with Gasteiger partial charge >= 0.3 is 0 Å². The van der Waals surface area contributed by atoms with E-state index in [1.165, 1.54) is 0 Å². The zero-order valence-electron chi connectivity index (χ0n) is 9.06. The van der Waals surface area contributed by atoms with Crippen molar-refractivity contribution in [2.24, 2.45) is 17.8 Å². The Labute approximate surface area is 84.3 Å². The van der Waals surface area contributed by atoms with Crippen LogP contribution in [0.5, 0.6) is 0 Å². The highest BCUT2D eigenvalue weighted by Gasteiger charge is 2.71. The van der Waals surface area contributed by atoms with Crippen LogP contribution in [0.1, 0.15) is 33.6 Å². The molecule has 2 fully saturated rings. The summed E-state index contributed by atoms with van der Waals surface area (Å²) in [4.78, 5) is 0. The average Bonchev–Trinajstić information content (AvgIpc) is 2.50. The molecule has 0 spiro atoms. The molecule has 2 aliphatic rings. The van der Waals surface area contributed by atoms with E-state index < -0.39 is 5.92 Å². The van der Waals surface area contributed by atoms with Crippen LogP contribution < -0.4 is 5.32 Å². The van der Waals surface area contributed by atoms with Crippen molar-refractivity contribution < 1.29 is 8.78 Å². The average molecular weight is 203 g/mol. The second-order valence-corrected chi connectivity index (χ2v) is 5.23. The summed E-state index contributed by atoms with van der Waals surface area (Å²) in [6.07, 6.45) is 1.44. The summed E-state index contributed by atoms with van der Waals surface area (Å²) in [5.41, 5.74) is 0. The lowest BCUT2D eigenvalue weighted by molar-refractivity contribution is 0.0600. The molecule has 3 atom stereocenters. The van der Waals surface area contributed by atoms with Gasteiger partial charge in [-0.2, -0.15) is 0 Å². The molecule has 0 amide bonds. The smallest absolute Gasteiger partial charge is 0.254 e. The minimum atomic E-state index is -2.31. The second kappa shape index (κ2) is 3.16. The number of fused-ring (bicyclic) bond motifs is 1. The van der Waals surface area contributed by atoms with Crippen LogP contribution in [0.3, 0.4) is 0 Å². The van der Waals surface area contributed by atoms with Crippen LogP contribution in [0.15, 0.2) is 0 Å². The Morgan fingerprint density at radius 1 is 1.14 bits per heavy atom. The first-order valence-corrected chi connectivity index (χ1v) is 5.56. The van der Waals surface area contributed by atoms with Crippen molar-refractivity contribution in [1.29, 1.82) is 0 Å². The summed E-state index contributed by atoms with van der Waals surface area (Å²) >= 11 is 0. The van der Waals surface area contributed by atoms with Crippen molar-refractivity contribution in [2.45, 2.75) is 51.6 Å². The number of halogens is 2. The summed E-state index contributed by atoms with van der Waals surface area (Å²) in [7, 11) is 0. The van der Waals surface area contributed by atoms with Crippen LogP contribution >= 0.6 is 0 Å². The first-order valence-electron chi connectivity index (χ1n) is 5.56. The molecule has 2 aliphatic carbocycles. The highest BCUT2D eigenvalue weighted by Crippen LogP contribution is 2.66. The lowest BCUT2D eigenvalue weighted by Crippen LogP contribution is -2.38. The van der Waals surface area contributed by atoms with Crippen molar-refractivity contribution in [2.75, 3.05) is 0 Å². The Hall–Kier alpha value is -0.180. The van der Waals surface area contributed by atoms with E-state index in [9.17, 15) is 8.78 Å². The van der Waals surface area contributed by atoms with Crippen LogP contribution in [0.2, 0.25) is 0 Å². The minimum absolute atomic E-state index is 0.288. The third-order valence-corrected chi connectivity index (χ3v) is 3.78. The fourth-order valence-electron chi connectivity index (χ4n) is 2.92. The molecule has 0 radical (unpaired) electrons. The summed E-state index contributed by atoms with van der Waals surface area (Å²) in [5.74, 6) is -2.42. The van der Waals surface area contributed by atoms with Crippen LogP contribution in [-0.4, -0.2) is 18.0 Å². The monoisotopic (exact) mass is 203 g/mol. The predicted molar refractivity (Wildman–Crippen MR) is 52.4 cm³/mol. The number of alkyl halides is 2. The molecule has 0 aromatic carbocycles. The van der Waals surface area contributed by atoms with E-state index in [1.54, 1.807) is 0 Å². The van der Waals surface area contributed by atoms with Crippen LogP contribution in [-0.2, 0) is 0 Å². The van der Waals surface area contributed by atoms with E-state index in [1.807, 2.05) is 0 Å². The van der Waals surface area contributed by atoms with Gasteiger partial charge in [0.15, 0.2) is 0 Å². The molecule has 2 rings (SSSR count). The second-order valence-electron chi connectivity index (χ2n) is 5.23. The van der Waals surface area contributed by atoms with E-state index >= 15 is 0 Å². The van der Waals surface area contributed by atoms with Crippen molar-refractivity contribution >= 4 is 0 Å². The van der Waals surface area contributed by atoms with E-state index in [0.29, 0.717) is 18.0 Å². The lowest BCUT2D eigenvalue weighted by atomic mass is 9.94. The van der Waals surface area contributed by atoms with Crippen molar-refractivity contribution in [3.63, 3.8) is 0 Å². The molecule has 2 saturated carbocycles. The molecule has 14 heavy (non-hydrogen) atoms. The zero-order valence-corrected chi connectivity index (χ0v) is 9.06. The van der Waals surface area contributed by atoms with Gasteiger partial charge in [0, 0.05) is 23.9 Å². The Morgan fingerprint density at radius 2 is 1.64 bits per heavy atom. The van der Waals surface area contributed by atoms with Gasteiger partial charge in [-0.1, -0.05) is 13.8 Å². The number of nitrogens with one attached hydrogen (secondary N) is 1. The molecule has 0 bridgehead atoms. The van der Waals surface area contributed by atoms with Gasteiger partial charge in [-0.3, -0.25) is 0 Å². The fourth-order valence-corrected chi connectivity index (χ4v) is 2.92. The molecule has 0 aromatic rings. The van der Waals surface area contributed by atoms with Gasteiger partial charge in [0.1, 0.15) is 0 Å². The quantitative estimate of drug-likeness (QED) is 0.743. The third-order valence-electron chi connectivity index (χ3n) is 3.78. The van der Waals surface area contributed by atoms with Crippen molar-refractivity contribution in [3.05, 3.63) is 0 Å². The number of hydrogen-bond acceptors (Lipinski definition) is 1. The summed E-state index contributed by atoms with van der Waals surface area (Å²) in [6.45, 7) is 6.31. The van der Waals surface area contributed by atoms with Crippen molar-refractivity contribution in [1.82, 2.24) is 5.32 Å². The molecule has 0 aliphatic heterocycles. The van der Waals surface area contributed by atoms with Crippen molar-refractivity contribution in [3.8, 4) is 0 Å². The van der Waals surface area contributed by atoms with Gasteiger partial charge in [-0.15, -0.1) is 0 Å². The molecule has 3 heteroatoms. The maximum Gasteiger partial charge on any atom is 0.254 e. The summed E-state index contributed by atoms with van der Waals surface area (Å²) in [5, 5.41) is 3.41. The van der Waals surface area contributed by atoms with Gasteiger partial charge in [-0.25, -0.2) is 8.78 Å². The molecular formula is C11H19F2N. The standard InChI is InChI=1S/C11H19F2N/c1-6(2)14-7(3)8-4-9-10(5-8)11(9,12)13/h6-10,14H,4-5H2,1-3H3. The topological polar surface area (TPSA) is 12.0 Å². The minimum Gasteiger partial charge on any atom is -0.312 e. The third kappa shape index (κ3) is 1.56. The predicted octanol–water partition coefficient (Wildman–Crippen LogP) is 2.66. The molecule has 3 unspecified atom stereocenters. The lowest BCUT2D eigenvalue weighted by Gasteiger charge is -2.25. The van der Waals surface area contributed by atoms with E-state index in [4.69, 9.17) is 0 Å². The Morgan fingerprint density at radius 3 is 2.07 bits per heavy atom. The summed E-state index contributed by atoms with van der Waals surface area (Å²) < 4.78 is 25.8. The zero-order chi connectivity index (χ0) is 10.5. The number of hydrogen-bond donors (Lipinski definition) is 1. The van der Waals surface area contributed by atoms with E-state index in [-0.39, 0.29) is 11.8 Å². The Balaban J connectivity index is 1.82. The summed E-state index contributed by atoms with van der Waals surface area (Å²) in [6, 6.07) is 0.834. The molecule has 0 heterocycles. The van der Waals surface area contributed by atoms with Gasteiger partial charge in [0.25, 0.3) is 5.92 Å². The van der Waals surface area contributed by atoms with Gasteiger partial charge in [0.2, 0.25) is 0 Å². The Kier molecular flexibility index (Phi) is 2.33. The molecule has 82 valence electrons. The van der Waals surface area contributed by atoms with Gasteiger partial charge < -0.3 is 5.32 Å². The van der Waals surface area contributed by atoms with Gasteiger partial charge in [0.05, 0.1) is 0 Å². The number of rotatable bonds is 3. The van der Waals surface area contributed by atoms with Gasteiger partial charge in [-0.05, 0) is 25.7 Å². The SMILES string of the molecule is CC(C)NC(C)C1CC2C(C1)C2(F)F. The Bertz CT molecular complexity index is 213. The molecular weight excluding hydrogens is 184 g/mol. The largest absolute Gasteiger partial charge is 0.312 e. The maximum absolute atomic E-state index is 12.9. The van der Waals surface area contributed by atoms with Crippen LogP contribution in [0.25, 0.3) is 0 Å². The highest BCUT2D eigenvalue weighted by atomic mass is 19.3. The van der Waals surface area contributed by atoms with E-state index in [2.05, 4.69) is 26.1 Å². The van der Waals surface area contributed by atoms with Crippen LogP contribution in [0, 0.1) is 17.8 Å². The fraction of sp³-hybridized carbons (Fsp3) is 1.00. The molecule has 0 aromatic heterocycles. The first-order chi connectivity index (χ1) is 6.43. The molecule has 1 nitrogen and oxygen atoms in total. The maximum atomic E-state index is 12.9. The molecule has 1 N–H and O–H groups in total.